The maximum Gasteiger partial charge on any atom is 0.325 e. The van der Waals surface area contributed by atoms with Gasteiger partial charge < -0.3 is 9.47 Å². The van der Waals surface area contributed by atoms with Crippen LogP contribution < -0.4 is 9.46 Å². The molecule has 0 aliphatic carbocycles. The van der Waals surface area contributed by atoms with Crippen molar-refractivity contribution in [2.45, 2.75) is 28.9 Å². The second-order valence-corrected chi connectivity index (χ2v) is 9.71. The van der Waals surface area contributed by atoms with Crippen LogP contribution in [0, 0.1) is 10.1 Å². The van der Waals surface area contributed by atoms with E-state index in [-0.39, 0.29) is 17.2 Å². The highest BCUT2D eigenvalue weighted by molar-refractivity contribution is 7.99. The molecule has 172 valence electrons. The first-order valence-corrected chi connectivity index (χ1v) is 12.0. The Morgan fingerprint density at radius 1 is 1.22 bits per heavy atom. The molecule has 0 spiro atoms. The van der Waals surface area contributed by atoms with Crippen LogP contribution in [-0.4, -0.2) is 44.3 Å². The summed E-state index contributed by atoms with van der Waals surface area (Å²) in [4.78, 5) is 22.6. The average molecular weight is 481 g/mol. The second kappa shape index (κ2) is 11.7. The number of methoxy groups -OCH3 is 1. The highest BCUT2D eigenvalue weighted by atomic mass is 32.2. The number of nitro benzene ring substituents is 1. The molecule has 0 saturated heterocycles. The minimum absolute atomic E-state index is 0.0650. The number of nitrogens with zero attached hydrogens (tertiary/aromatic N) is 1. The van der Waals surface area contributed by atoms with Gasteiger partial charge in [0.25, 0.3) is 5.69 Å². The Labute approximate surface area is 191 Å². The maximum absolute atomic E-state index is 12.8. The predicted octanol–water partition coefficient (Wildman–Crippen LogP) is 3.30. The number of carbonyl (C=O) groups excluding carboxylic acids is 1. The summed E-state index contributed by atoms with van der Waals surface area (Å²) < 4.78 is 38.2. The molecule has 0 aliphatic heterocycles. The number of ether oxygens (including phenoxy) is 2. The van der Waals surface area contributed by atoms with Crippen molar-refractivity contribution >= 4 is 33.4 Å². The van der Waals surface area contributed by atoms with Crippen LogP contribution in [0.2, 0.25) is 0 Å². The van der Waals surface area contributed by atoms with E-state index >= 15 is 0 Å². The van der Waals surface area contributed by atoms with Crippen molar-refractivity contribution in [3.63, 3.8) is 0 Å². The summed E-state index contributed by atoms with van der Waals surface area (Å²) in [5.41, 5.74) is 0.730. The standard InChI is InChI=1S/C21H24N2O7S2/c1-4-13-30-21(24)20(15(2)31-14-16-5-9-18(29-3)10-6-16)22-32(27,28)19-11-7-17(8-12-19)23(25)26/h4-12,15,20,22H,1,13-14H2,2-3H3/t15-,20+/m0/s1. The Kier molecular flexibility index (Phi) is 9.24. The Hall–Kier alpha value is -2.89. The number of hydrogen-bond acceptors (Lipinski definition) is 8. The van der Waals surface area contributed by atoms with Gasteiger partial charge in [-0.1, -0.05) is 31.7 Å². The second-order valence-electron chi connectivity index (χ2n) is 6.63. The molecule has 2 aromatic rings. The van der Waals surface area contributed by atoms with Gasteiger partial charge in [-0.3, -0.25) is 14.9 Å². The van der Waals surface area contributed by atoms with Crippen LogP contribution in [0.15, 0.2) is 66.1 Å². The number of esters is 1. The quantitative estimate of drug-likeness (QED) is 0.212. The fraction of sp³-hybridized carbons (Fsp3) is 0.286. The van der Waals surface area contributed by atoms with Crippen molar-refractivity contribution in [1.29, 1.82) is 0 Å². The van der Waals surface area contributed by atoms with E-state index in [0.29, 0.717) is 11.5 Å². The molecule has 0 fully saturated rings. The molecule has 2 rings (SSSR count). The van der Waals surface area contributed by atoms with Gasteiger partial charge in [-0.05, 0) is 29.8 Å². The normalized spacial score (nSPS) is 13.1. The van der Waals surface area contributed by atoms with Gasteiger partial charge in [0.1, 0.15) is 18.4 Å². The first-order valence-electron chi connectivity index (χ1n) is 9.46. The van der Waals surface area contributed by atoms with E-state index in [1.54, 1.807) is 14.0 Å². The van der Waals surface area contributed by atoms with Gasteiger partial charge in [0, 0.05) is 23.1 Å². The van der Waals surface area contributed by atoms with Crippen LogP contribution in [0.4, 0.5) is 5.69 Å². The minimum Gasteiger partial charge on any atom is -0.497 e. The van der Waals surface area contributed by atoms with Crippen LogP contribution in [0.25, 0.3) is 0 Å². The smallest absolute Gasteiger partial charge is 0.325 e. The maximum atomic E-state index is 12.8. The molecule has 0 heterocycles. The largest absolute Gasteiger partial charge is 0.497 e. The number of hydrogen-bond donors (Lipinski definition) is 1. The molecule has 9 nitrogen and oxygen atoms in total. The first-order chi connectivity index (χ1) is 15.2. The van der Waals surface area contributed by atoms with Crippen molar-refractivity contribution in [2.24, 2.45) is 0 Å². The molecular formula is C21H24N2O7S2. The monoisotopic (exact) mass is 480 g/mol. The van der Waals surface area contributed by atoms with Crippen molar-refractivity contribution < 1.29 is 27.6 Å². The van der Waals surface area contributed by atoms with Gasteiger partial charge in [-0.25, -0.2) is 8.42 Å². The molecule has 0 bridgehead atoms. The van der Waals surface area contributed by atoms with Crippen molar-refractivity contribution in [3.05, 3.63) is 76.9 Å². The highest BCUT2D eigenvalue weighted by Gasteiger charge is 2.32. The van der Waals surface area contributed by atoms with Gasteiger partial charge in [0.05, 0.1) is 16.9 Å². The number of rotatable bonds is 12. The zero-order valence-corrected chi connectivity index (χ0v) is 19.2. The Morgan fingerprint density at radius 3 is 2.38 bits per heavy atom. The molecule has 0 amide bonds. The molecule has 0 aliphatic rings. The van der Waals surface area contributed by atoms with Crippen LogP contribution >= 0.6 is 11.8 Å². The minimum atomic E-state index is -4.14. The number of benzene rings is 2. The third-order valence-corrected chi connectivity index (χ3v) is 7.13. The number of nitro groups is 1. The van der Waals surface area contributed by atoms with Crippen molar-refractivity contribution in [3.8, 4) is 5.75 Å². The average Bonchev–Trinajstić information content (AvgIpc) is 2.79. The third-order valence-electron chi connectivity index (χ3n) is 4.38. The summed E-state index contributed by atoms with van der Waals surface area (Å²) in [7, 11) is -2.57. The zero-order chi connectivity index (χ0) is 23.7. The number of thioether (sulfide) groups is 1. The molecule has 2 atom stereocenters. The summed E-state index contributed by atoms with van der Waals surface area (Å²) >= 11 is 1.37. The molecular weight excluding hydrogens is 456 g/mol. The Morgan fingerprint density at radius 2 is 1.84 bits per heavy atom. The predicted molar refractivity (Wildman–Crippen MR) is 122 cm³/mol. The van der Waals surface area contributed by atoms with Crippen LogP contribution in [-0.2, 0) is 25.3 Å². The number of carbonyl (C=O) groups is 1. The van der Waals surface area contributed by atoms with E-state index in [1.807, 2.05) is 24.3 Å². The highest BCUT2D eigenvalue weighted by Crippen LogP contribution is 2.24. The van der Waals surface area contributed by atoms with E-state index < -0.39 is 32.2 Å². The molecule has 32 heavy (non-hydrogen) atoms. The van der Waals surface area contributed by atoms with Crippen LogP contribution in [0.1, 0.15) is 12.5 Å². The van der Waals surface area contributed by atoms with Gasteiger partial charge >= 0.3 is 5.97 Å². The number of non-ortho nitro benzene ring substituents is 1. The fourth-order valence-electron chi connectivity index (χ4n) is 2.59. The summed E-state index contributed by atoms with van der Waals surface area (Å²) in [5, 5.41) is 10.3. The first kappa shape index (κ1) is 25.4. The zero-order valence-electron chi connectivity index (χ0n) is 17.6. The summed E-state index contributed by atoms with van der Waals surface area (Å²) in [6.45, 7) is 5.13. The Bertz CT molecular complexity index is 1040. The van der Waals surface area contributed by atoms with Crippen LogP contribution in [0.5, 0.6) is 5.75 Å². The summed E-state index contributed by atoms with van der Waals surface area (Å²) in [6.07, 6.45) is 1.38. The lowest BCUT2D eigenvalue weighted by atomic mass is 10.2. The molecule has 2 aromatic carbocycles. The molecule has 1 N–H and O–H groups in total. The van der Waals surface area contributed by atoms with E-state index in [1.165, 1.54) is 17.8 Å². The Balaban J connectivity index is 2.17. The van der Waals surface area contributed by atoms with Gasteiger partial charge in [0.15, 0.2) is 0 Å². The van der Waals surface area contributed by atoms with Gasteiger partial charge in [-0.15, -0.1) is 0 Å². The van der Waals surface area contributed by atoms with E-state index in [4.69, 9.17) is 9.47 Å². The van der Waals surface area contributed by atoms with E-state index in [0.717, 1.165) is 29.8 Å². The van der Waals surface area contributed by atoms with Gasteiger partial charge in [-0.2, -0.15) is 16.5 Å². The number of sulfonamides is 1. The molecule has 0 aromatic heterocycles. The lowest BCUT2D eigenvalue weighted by molar-refractivity contribution is -0.384. The van der Waals surface area contributed by atoms with Crippen molar-refractivity contribution in [1.82, 2.24) is 4.72 Å². The van der Waals surface area contributed by atoms with E-state index in [9.17, 15) is 23.3 Å². The SMILES string of the molecule is C=CCOC(=O)[C@H](NS(=O)(=O)c1ccc([N+](=O)[O-])cc1)[C@H](C)SCc1ccc(OC)cc1. The molecule has 11 heteroatoms. The fourth-order valence-corrected chi connectivity index (χ4v) is 4.96. The number of nitrogens with one attached hydrogen (secondary N) is 1. The topological polar surface area (TPSA) is 125 Å². The molecule has 0 radical (unpaired) electrons. The lowest BCUT2D eigenvalue weighted by Gasteiger charge is -2.23. The van der Waals surface area contributed by atoms with Crippen molar-refractivity contribution in [2.75, 3.05) is 13.7 Å². The molecule has 0 unspecified atom stereocenters. The summed E-state index contributed by atoms with van der Waals surface area (Å²) in [5.74, 6) is 0.494. The van der Waals surface area contributed by atoms with Gasteiger partial charge in [0.2, 0.25) is 10.0 Å². The van der Waals surface area contributed by atoms with Crippen LogP contribution in [0.3, 0.4) is 0 Å². The van der Waals surface area contributed by atoms with E-state index in [2.05, 4.69) is 11.3 Å². The third kappa shape index (κ3) is 7.08. The summed E-state index contributed by atoms with van der Waals surface area (Å²) in [6, 6.07) is 10.6. The molecule has 0 saturated carbocycles. The lowest BCUT2D eigenvalue weighted by Crippen LogP contribution is -2.47.